The number of rotatable bonds is 12. The quantitative estimate of drug-likeness (QED) is 0.242. The van der Waals surface area contributed by atoms with Gasteiger partial charge in [-0.3, -0.25) is 4.79 Å². The predicted molar refractivity (Wildman–Crippen MR) is 110 cm³/mol. The van der Waals surface area contributed by atoms with E-state index in [1.165, 1.54) is 38.5 Å². The average Bonchev–Trinajstić information content (AvgIpc) is 2.91. The lowest BCUT2D eigenvalue weighted by molar-refractivity contribution is -0.142. The fourth-order valence-electron chi connectivity index (χ4n) is 3.63. The summed E-state index contributed by atoms with van der Waals surface area (Å²) in [5, 5.41) is 0. The number of carbonyl (C=O) groups excluding carboxylic acids is 1. The van der Waals surface area contributed by atoms with Gasteiger partial charge in [-0.25, -0.2) is 0 Å². The van der Waals surface area contributed by atoms with Gasteiger partial charge in [0.25, 0.3) is 0 Å². The van der Waals surface area contributed by atoms with Crippen molar-refractivity contribution in [2.24, 2.45) is 0 Å². The van der Waals surface area contributed by atoms with Crippen LogP contribution in [0.4, 0.5) is 0 Å². The topological polar surface area (TPSA) is 26.3 Å². The van der Waals surface area contributed by atoms with Crippen LogP contribution in [0.5, 0.6) is 0 Å². The number of terminal acetylenes is 1. The number of unbranched alkanes of at least 4 members (excludes halogenated alkanes) is 8. The van der Waals surface area contributed by atoms with E-state index in [0.717, 1.165) is 37.0 Å². The molecule has 1 heterocycles. The van der Waals surface area contributed by atoms with Crippen molar-refractivity contribution in [2.75, 3.05) is 0 Å². The molecule has 3 heteroatoms. The Balaban J connectivity index is 1.71. The van der Waals surface area contributed by atoms with E-state index in [0.29, 0.717) is 0 Å². The minimum atomic E-state index is -0.393. The highest BCUT2D eigenvalue weighted by Gasteiger charge is 2.48. The number of esters is 1. The summed E-state index contributed by atoms with van der Waals surface area (Å²) in [6, 6.07) is 10.2. The Bertz CT molecular complexity index is 578. The van der Waals surface area contributed by atoms with Crippen molar-refractivity contribution in [2.45, 2.75) is 93.3 Å². The molecule has 2 rings (SSSR count). The Morgan fingerprint density at radius 1 is 1.08 bits per heavy atom. The molecule has 0 amide bonds. The average molecular weight is 373 g/mol. The van der Waals surface area contributed by atoms with Crippen LogP contribution in [0.2, 0.25) is 0 Å². The fraction of sp³-hybridized carbons (Fsp3) is 0.609. The molecular weight excluding hydrogens is 340 g/mol. The van der Waals surface area contributed by atoms with Crippen LogP contribution < -0.4 is 0 Å². The minimum absolute atomic E-state index is 0.0210. The SMILES string of the molecule is C#CCCCCCCCCCCC1(Sc2ccccc2)C[C@H](C)OC1=O. The van der Waals surface area contributed by atoms with Crippen molar-refractivity contribution in [1.82, 2.24) is 0 Å². The van der Waals surface area contributed by atoms with Gasteiger partial charge in [0.05, 0.1) is 0 Å². The van der Waals surface area contributed by atoms with Gasteiger partial charge in [-0.2, -0.15) is 0 Å². The van der Waals surface area contributed by atoms with Gasteiger partial charge in [0.2, 0.25) is 0 Å². The summed E-state index contributed by atoms with van der Waals surface area (Å²) < 4.78 is 5.13. The van der Waals surface area contributed by atoms with Crippen LogP contribution in [0.25, 0.3) is 0 Å². The van der Waals surface area contributed by atoms with Crippen LogP contribution in [-0.4, -0.2) is 16.8 Å². The van der Waals surface area contributed by atoms with E-state index in [4.69, 9.17) is 11.2 Å². The van der Waals surface area contributed by atoms with E-state index in [9.17, 15) is 4.79 Å². The molecule has 2 nitrogen and oxygen atoms in total. The molecule has 0 spiro atoms. The van der Waals surface area contributed by atoms with E-state index in [1.807, 2.05) is 25.1 Å². The van der Waals surface area contributed by atoms with Crippen LogP contribution in [0.1, 0.15) is 77.6 Å². The molecule has 0 radical (unpaired) electrons. The van der Waals surface area contributed by atoms with Crippen LogP contribution in [0.15, 0.2) is 35.2 Å². The zero-order valence-corrected chi connectivity index (χ0v) is 16.9. The lowest BCUT2D eigenvalue weighted by Gasteiger charge is -2.24. The summed E-state index contributed by atoms with van der Waals surface area (Å²) in [5.74, 6) is 2.68. The zero-order chi connectivity index (χ0) is 18.7. The normalized spacial score (nSPS) is 22.2. The molecule has 1 aromatic carbocycles. The van der Waals surface area contributed by atoms with E-state index >= 15 is 0 Å². The molecule has 0 aliphatic carbocycles. The highest BCUT2D eigenvalue weighted by molar-refractivity contribution is 8.01. The molecule has 0 bridgehead atoms. The molecule has 2 atom stereocenters. The Kier molecular flexibility index (Phi) is 9.12. The standard InChI is InChI=1S/C23H32O2S/c1-3-4-5-6-7-8-9-10-11-15-18-23(19-20(2)25-22(23)24)26-21-16-13-12-14-17-21/h1,12-14,16-17,20H,4-11,15,18-19H2,2H3/t20-,23?/m0/s1. The summed E-state index contributed by atoms with van der Waals surface area (Å²) in [6.07, 6.45) is 17.8. The van der Waals surface area contributed by atoms with E-state index in [1.54, 1.807) is 11.8 Å². The Hall–Kier alpha value is -1.40. The maximum Gasteiger partial charge on any atom is 0.322 e. The molecule has 1 aromatic rings. The van der Waals surface area contributed by atoms with Crippen molar-refractivity contribution in [3.63, 3.8) is 0 Å². The molecule has 1 aliphatic heterocycles. The molecule has 1 fully saturated rings. The maximum absolute atomic E-state index is 12.5. The third-order valence-electron chi connectivity index (χ3n) is 5.01. The monoisotopic (exact) mass is 372 g/mol. The Morgan fingerprint density at radius 3 is 2.27 bits per heavy atom. The molecule has 1 aliphatic rings. The zero-order valence-electron chi connectivity index (χ0n) is 16.0. The fourth-order valence-corrected chi connectivity index (χ4v) is 5.07. The Morgan fingerprint density at radius 2 is 1.69 bits per heavy atom. The predicted octanol–water partition coefficient (Wildman–Crippen LogP) is 6.39. The summed E-state index contributed by atoms with van der Waals surface area (Å²) in [7, 11) is 0. The third kappa shape index (κ3) is 6.72. The second-order valence-electron chi connectivity index (χ2n) is 7.36. The summed E-state index contributed by atoms with van der Waals surface area (Å²) in [4.78, 5) is 13.7. The van der Waals surface area contributed by atoms with E-state index in [2.05, 4.69) is 18.1 Å². The molecule has 0 saturated carbocycles. The number of hydrogen-bond acceptors (Lipinski definition) is 3. The Labute approximate surface area is 163 Å². The minimum Gasteiger partial charge on any atom is -0.462 e. The van der Waals surface area contributed by atoms with Gasteiger partial charge in [-0.05, 0) is 31.9 Å². The van der Waals surface area contributed by atoms with Crippen molar-refractivity contribution in [3.05, 3.63) is 30.3 Å². The highest BCUT2D eigenvalue weighted by Crippen LogP contribution is 2.45. The van der Waals surface area contributed by atoms with Gasteiger partial charge >= 0.3 is 5.97 Å². The first-order chi connectivity index (χ1) is 12.7. The number of hydrogen-bond donors (Lipinski definition) is 0. The van der Waals surface area contributed by atoms with Gasteiger partial charge in [0.1, 0.15) is 10.9 Å². The molecule has 142 valence electrons. The van der Waals surface area contributed by atoms with Gasteiger partial charge in [0.15, 0.2) is 0 Å². The van der Waals surface area contributed by atoms with Gasteiger partial charge < -0.3 is 4.74 Å². The maximum atomic E-state index is 12.5. The number of carbonyl (C=O) groups is 1. The number of thioether (sulfide) groups is 1. The largest absolute Gasteiger partial charge is 0.462 e. The van der Waals surface area contributed by atoms with Crippen LogP contribution in [-0.2, 0) is 9.53 Å². The van der Waals surface area contributed by atoms with Crippen molar-refractivity contribution in [1.29, 1.82) is 0 Å². The van der Waals surface area contributed by atoms with E-state index < -0.39 is 4.75 Å². The number of benzene rings is 1. The van der Waals surface area contributed by atoms with Crippen molar-refractivity contribution >= 4 is 17.7 Å². The second kappa shape index (κ2) is 11.3. The van der Waals surface area contributed by atoms with Crippen molar-refractivity contribution < 1.29 is 9.53 Å². The number of ether oxygens (including phenoxy) is 1. The summed E-state index contributed by atoms with van der Waals surface area (Å²) in [5.41, 5.74) is 0. The van der Waals surface area contributed by atoms with Crippen LogP contribution >= 0.6 is 11.8 Å². The summed E-state index contributed by atoms with van der Waals surface area (Å²) >= 11 is 1.70. The lowest BCUT2D eigenvalue weighted by atomic mass is 9.96. The molecule has 26 heavy (non-hydrogen) atoms. The second-order valence-corrected chi connectivity index (χ2v) is 8.82. The summed E-state index contributed by atoms with van der Waals surface area (Å²) in [6.45, 7) is 2.01. The van der Waals surface area contributed by atoms with E-state index in [-0.39, 0.29) is 12.1 Å². The number of cyclic esters (lactones) is 1. The van der Waals surface area contributed by atoms with Gasteiger partial charge in [-0.15, -0.1) is 24.1 Å². The highest BCUT2D eigenvalue weighted by atomic mass is 32.2. The van der Waals surface area contributed by atoms with Crippen molar-refractivity contribution in [3.8, 4) is 12.3 Å². The first-order valence-electron chi connectivity index (χ1n) is 10.0. The first-order valence-corrected chi connectivity index (χ1v) is 10.9. The molecular formula is C23H32O2S. The first kappa shape index (κ1) is 20.9. The van der Waals surface area contributed by atoms with Crippen LogP contribution in [0.3, 0.4) is 0 Å². The smallest absolute Gasteiger partial charge is 0.322 e. The van der Waals surface area contributed by atoms with Gasteiger partial charge in [-0.1, -0.05) is 63.1 Å². The molecule has 0 aromatic heterocycles. The molecule has 1 saturated heterocycles. The molecule has 1 unspecified atom stereocenters. The lowest BCUT2D eigenvalue weighted by Crippen LogP contribution is -2.30. The van der Waals surface area contributed by atoms with Gasteiger partial charge in [0, 0.05) is 17.7 Å². The third-order valence-corrected chi connectivity index (χ3v) is 6.44. The van der Waals surface area contributed by atoms with Crippen LogP contribution in [0, 0.1) is 12.3 Å². The molecule has 0 N–H and O–H groups in total.